The predicted molar refractivity (Wildman–Crippen MR) is 103 cm³/mol. The fourth-order valence-electron chi connectivity index (χ4n) is 3.27. The molecule has 1 aliphatic heterocycles. The van der Waals surface area contributed by atoms with E-state index in [2.05, 4.69) is 6.07 Å². The van der Waals surface area contributed by atoms with Crippen LogP contribution in [0.15, 0.2) is 90.3 Å². The number of ether oxygens (including phenoxy) is 2. The lowest BCUT2D eigenvalue weighted by molar-refractivity contribution is 0.306. The number of nitrogens with zero attached hydrogens (tertiary/aromatic N) is 1. The molecular weight excluding hydrogens is 336 g/mol. The molecule has 0 saturated carbocycles. The first-order valence-corrected chi connectivity index (χ1v) is 8.69. The highest BCUT2D eigenvalue weighted by molar-refractivity contribution is 5.56. The molecule has 1 aliphatic rings. The highest BCUT2D eigenvalue weighted by atomic mass is 16.5. The fraction of sp³-hybridized carbons (Fsp3) is 0.0870. The minimum Gasteiger partial charge on any atom is -0.489 e. The van der Waals surface area contributed by atoms with E-state index in [0.717, 1.165) is 22.4 Å². The molecule has 0 saturated heterocycles. The molecule has 3 aromatic rings. The lowest BCUT2D eigenvalue weighted by Crippen LogP contribution is -2.20. The molecule has 0 aliphatic carbocycles. The summed E-state index contributed by atoms with van der Waals surface area (Å²) in [4.78, 5) is 0. The van der Waals surface area contributed by atoms with Gasteiger partial charge in [0, 0.05) is 5.56 Å². The number of nitriles is 1. The molecule has 0 fully saturated rings. The zero-order valence-electron chi connectivity index (χ0n) is 14.6. The maximum atomic E-state index is 9.64. The number of fused-ring (bicyclic) bond motifs is 1. The number of para-hydroxylation sites is 1. The topological polar surface area (TPSA) is 68.3 Å². The van der Waals surface area contributed by atoms with Gasteiger partial charge in [0.2, 0.25) is 5.88 Å². The summed E-state index contributed by atoms with van der Waals surface area (Å²) in [6.45, 7) is 0.484. The van der Waals surface area contributed by atoms with Gasteiger partial charge in [-0.25, -0.2) is 0 Å². The maximum Gasteiger partial charge on any atom is 0.205 e. The van der Waals surface area contributed by atoms with Crippen LogP contribution in [-0.2, 0) is 6.61 Å². The molecule has 2 N–H and O–H groups in total. The van der Waals surface area contributed by atoms with Gasteiger partial charge in [0.05, 0.1) is 5.92 Å². The Hall–Kier alpha value is -3.71. The van der Waals surface area contributed by atoms with Crippen molar-refractivity contribution in [1.29, 1.82) is 5.26 Å². The Morgan fingerprint density at radius 2 is 1.74 bits per heavy atom. The van der Waals surface area contributed by atoms with Crippen LogP contribution in [0.25, 0.3) is 0 Å². The van der Waals surface area contributed by atoms with Crippen molar-refractivity contribution in [2.24, 2.45) is 5.73 Å². The molecule has 4 nitrogen and oxygen atoms in total. The van der Waals surface area contributed by atoms with Crippen molar-refractivity contribution < 1.29 is 9.47 Å². The van der Waals surface area contributed by atoms with Crippen molar-refractivity contribution in [1.82, 2.24) is 0 Å². The predicted octanol–water partition coefficient (Wildman–Crippen LogP) is 4.48. The van der Waals surface area contributed by atoms with Crippen LogP contribution >= 0.6 is 0 Å². The molecule has 4 heteroatoms. The molecule has 132 valence electrons. The van der Waals surface area contributed by atoms with Crippen LogP contribution in [-0.4, -0.2) is 0 Å². The monoisotopic (exact) mass is 354 g/mol. The van der Waals surface area contributed by atoms with E-state index in [-0.39, 0.29) is 11.8 Å². The van der Waals surface area contributed by atoms with E-state index in [0.29, 0.717) is 17.9 Å². The Morgan fingerprint density at radius 1 is 0.963 bits per heavy atom. The van der Waals surface area contributed by atoms with Gasteiger partial charge in [-0.2, -0.15) is 5.26 Å². The molecular formula is C23H18N2O2. The molecule has 4 rings (SSSR count). The first-order chi connectivity index (χ1) is 13.3. The number of allylic oxidation sites excluding steroid dienone is 1. The summed E-state index contributed by atoms with van der Waals surface area (Å²) in [6, 6.07) is 27.6. The summed E-state index contributed by atoms with van der Waals surface area (Å²) >= 11 is 0. The van der Waals surface area contributed by atoms with Crippen molar-refractivity contribution in [3.8, 4) is 17.6 Å². The summed E-state index contributed by atoms with van der Waals surface area (Å²) < 4.78 is 11.6. The Labute approximate surface area is 158 Å². The first kappa shape index (κ1) is 16.7. The summed E-state index contributed by atoms with van der Waals surface area (Å²) in [5.41, 5.74) is 9.38. The lowest BCUT2D eigenvalue weighted by Gasteiger charge is -2.26. The molecule has 0 radical (unpaired) electrons. The van der Waals surface area contributed by atoms with Crippen LogP contribution in [0.3, 0.4) is 0 Å². The summed E-state index contributed by atoms with van der Waals surface area (Å²) in [6.07, 6.45) is 0. The zero-order valence-corrected chi connectivity index (χ0v) is 14.6. The van der Waals surface area contributed by atoms with Crippen LogP contribution in [0.4, 0.5) is 0 Å². The average Bonchev–Trinajstić information content (AvgIpc) is 2.72. The van der Waals surface area contributed by atoms with Gasteiger partial charge in [-0.3, -0.25) is 0 Å². The van der Waals surface area contributed by atoms with Crippen LogP contribution in [0, 0.1) is 11.3 Å². The van der Waals surface area contributed by atoms with Crippen molar-refractivity contribution in [3.05, 3.63) is 107 Å². The van der Waals surface area contributed by atoms with Gasteiger partial charge in [0.1, 0.15) is 29.7 Å². The molecule has 3 aromatic carbocycles. The van der Waals surface area contributed by atoms with Gasteiger partial charge in [-0.1, -0.05) is 60.7 Å². The smallest absolute Gasteiger partial charge is 0.205 e. The Bertz CT molecular complexity index is 1040. The van der Waals surface area contributed by atoms with E-state index in [1.165, 1.54) is 0 Å². The Morgan fingerprint density at radius 3 is 2.56 bits per heavy atom. The van der Waals surface area contributed by atoms with Crippen molar-refractivity contribution >= 4 is 0 Å². The molecule has 1 heterocycles. The SMILES string of the molecule is N#CC1=C(N)Oc2ccccc2[C@@H]1c1cccc(OCc2ccccc2)c1. The number of benzene rings is 3. The second-order valence-electron chi connectivity index (χ2n) is 6.31. The third-order valence-corrected chi connectivity index (χ3v) is 4.56. The maximum absolute atomic E-state index is 9.64. The molecule has 0 spiro atoms. The highest BCUT2D eigenvalue weighted by Gasteiger charge is 2.30. The van der Waals surface area contributed by atoms with Gasteiger partial charge >= 0.3 is 0 Å². The van der Waals surface area contributed by atoms with Gasteiger partial charge in [-0.15, -0.1) is 0 Å². The third-order valence-electron chi connectivity index (χ3n) is 4.56. The summed E-state index contributed by atoms with van der Waals surface area (Å²) in [5.74, 6) is 1.29. The average molecular weight is 354 g/mol. The minimum atomic E-state index is -0.278. The molecule has 0 aromatic heterocycles. The number of nitrogens with two attached hydrogens (primary N) is 1. The number of hydrogen-bond acceptors (Lipinski definition) is 4. The second-order valence-corrected chi connectivity index (χ2v) is 6.31. The largest absolute Gasteiger partial charge is 0.489 e. The van der Waals surface area contributed by atoms with Gasteiger partial charge in [0.25, 0.3) is 0 Å². The van der Waals surface area contributed by atoms with Gasteiger partial charge < -0.3 is 15.2 Å². The third kappa shape index (κ3) is 3.36. The molecule has 27 heavy (non-hydrogen) atoms. The van der Waals surface area contributed by atoms with E-state index in [9.17, 15) is 5.26 Å². The number of rotatable bonds is 4. The Balaban J connectivity index is 1.67. The van der Waals surface area contributed by atoms with Crippen LogP contribution < -0.4 is 15.2 Å². The zero-order chi connectivity index (χ0) is 18.6. The normalized spacial score (nSPS) is 15.4. The van der Waals surface area contributed by atoms with Gasteiger partial charge in [-0.05, 0) is 29.3 Å². The van der Waals surface area contributed by atoms with E-state index < -0.39 is 0 Å². The molecule has 0 bridgehead atoms. The van der Waals surface area contributed by atoms with E-state index in [1.54, 1.807) is 0 Å². The van der Waals surface area contributed by atoms with Crippen molar-refractivity contribution in [2.45, 2.75) is 12.5 Å². The van der Waals surface area contributed by atoms with Crippen LogP contribution in [0.2, 0.25) is 0 Å². The van der Waals surface area contributed by atoms with E-state index in [1.807, 2.05) is 78.9 Å². The standard InChI is InChI=1S/C23H18N2O2/c24-14-20-22(19-11-4-5-12-21(19)27-23(20)25)17-9-6-10-18(13-17)26-15-16-7-2-1-3-8-16/h1-13,22H,15,25H2/t22-/m0/s1. The quantitative estimate of drug-likeness (QED) is 0.750. The van der Waals surface area contributed by atoms with E-state index >= 15 is 0 Å². The molecule has 0 unspecified atom stereocenters. The second kappa shape index (κ2) is 7.27. The minimum absolute atomic E-state index is 0.150. The summed E-state index contributed by atoms with van der Waals surface area (Å²) in [5, 5.41) is 9.64. The lowest BCUT2D eigenvalue weighted by atomic mass is 9.83. The van der Waals surface area contributed by atoms with Crippen molar-refractivity contribution in [2.75, 3.05) is 0 Å². The molecule has 0 amide bonds. The van der Waals surface area contributed by atoms with E-state index in [4.69, 9.17) is 15.2 Å². The number of hydrogen-bond donors (Lipinski definition) is 1. The Kier molecular flexibility index (Phi) is 4.51. The van der Waals surface area contributed by atoms with Crippen LogP contribution in [0.1, 0.15) is 22.6 Å². The summed E-state index contributed by atoms with van der Waals surface area (Å²) in [7, 11) is 0. The van der Waals surface area contributed by atoms with Crippen molar-refractivity contribution in [3.63, 3.8) is 0 Å². The first-order valence-electron chi connectivity index (χ1n) is 8.69. The highest BCUT2D eigenvalue weighted by Crippen LogP contribution is 2.42. The fourth-order valence-corrected chi connectivity index (χ4v) is 3.27. The van der Waals surface area contributed by atoms with Gasteiger partial charge in [0.15, 0.2) is 0 Å². The van der Waals surface area contributed by atoms with Crippen LogP contribution in [0.5, 0.6) is 11.5 Å². The molecule has 1 atom stereocenters.